The Morgan fingerprint density at radius 3 is 2.08 bits per heavy atom. The van der Waals surface area contributed by atoms with Gasteiger partial charge in [-0.3, -0.25) is 0 Å². The summed E-state index contributed by atoms with van der Waals surface area (Å²) in [6.07, 6.45) is -21.9. The maximum Gasteiger partial charge on any atom is 0.228 e. The van der Waals surface area contributed by atoms with E-state index < -0.39 is 123 Å². The third-order valence-electron chi connectivity index (χ3n) is 9.95. The minimum atomic E-state index is -1.90. The average Bonchev–Trinajstić information content (AvgIpc) is 3.13. The van der Waals surface area contributed by atoms with Crippen LogP contribution in [0.3, 0.4) is 0 Å². The van der Waals surface area contributed by atoms with Crippen molar-refractivity contribution in [1.29, 1.82) is 0 Å². The lowest BCUT2D eigenvalue weighted by Crippen LogP contribution is -2.61. The highest BCUT2D eigenvalue weighted by Gasteiger charge is 2.49. The van der Waals surface area contributed by atoms with Gasteiger partial charge in [-0.05, 0) is 31.6 Å². The van der Waals surface area contributed by atoms with E-state index >= 15 is 0 Å². The number of aromatic hydroxyl groups is 3. The predicted molar refractivity (Wildman–Crippen MR) is 173 cm³/mol. The Bertz CT molecular complexity index is 1620. The summed E-state index contributed by atoms with van der Waals surface area (Å²) in [5.74, 6) is -2.52. The van der Waals surface area contributed by atoms with E-state index in [4.69, 9.17) is 28.4 Å². The van der Waals surface area contributed by atoms with E-state index in [0.29, 0.717) is 0 Å². The molecule has 0 aromatic heterocycles. The molecule has 0 spiro atoms. The second-order valence-corrected chi connectivity index (χ2v) is 13.6. The zero-order valence-electron chi connectivity index (χ0n) is 28.1. The lowest BCUT2D eigenvalue weighted by molar-refractivity contribution is -0.324. The van der Waals surface area contributed by atoms with Crippen LogP contribution in [0.1, 0.15) is 30.6 Å². The molecule has 6 rings (SSSR count). The number of hydrogen-bond acceptors (Lipinski definition) is 19. The van der Waals surface area contributed by atoms with Gasteiger partial charge in [-0.2, -0.15) is 0 Å². The number of ether oxygens (including phenoxy) is 6. The summed E-state index contributed by atoms with van der Waals surface area (Å²) in [5, 5.41) is 135. The van der Waals surface area contributed by atoms with E-state index in [0.717, 1.165) is 12.1 Å². The highest BCUT2D eigenvalue weighted by atomic mass is 16.7. The summed E-state index contributed by atoms with van der Waals surface area (Å²) in [5.41, 5.74) is 0.271. The van der Waals surface area contributed by atoms with Crippen molar-refractivity contribution >= 4 is 6.08 Å². The van der Waals surface area contributed by atoms with Gasteiger partial charge in [0.25, 0.3) is 0 Å². The van der Waals surface area contributed by atoms with Crippen LogP contribution in [0.5, 0.6) is 28.7 Å². The fraction of sp³-hybridized carbons (Fsp3) is 0.588. The van der Waals surface area contributed by atoms with Crippen LogP contribution in [0.25, 0.3) is 6.08 Å². The van der Waals surface area contributed by atoms with Gasteiger partial charge in [0.1, 0.15) is 84.0 Å². The first kappa shape index (κ1) is 39.2. The molecule has 3 fully saturated rings. The minimum Gasteiger partial charge on any atom is -0.508 e. The number of hydrogen-bond donors (Lipinski definition) is 13. The van der Waals surface area contributed by atoms with Crippen LogP contribution in [0.15, 0.2) is 36.1 Å². The molecule has 53 heavy (non-hydrogen) atoms. The molecule has 19 nitrogen and oxygen atoms in total. The van der Waals surface area contributed by atoms with Gasteiger partial charge < -0.3 is 94.8 Å². The molecular formula is C34H44O19. The smallest absolute Gasteiger partial charge is 0.228 e. The highest BCUT2D eigenvalue weighted by Crippen LogP contribution is 2.46. The first-order chi connectivity index (χ1) is 25.1. The number of rotatable bonds is 9. The summed E-state index contributed by atoms with van der Waals surface area (Å²) in [6, 6.07) is 6.07. The molecule has 4 aliphatic rings. The van der Waals surface area contributed by atoms with Crippen molar-refractivity contribution in [3.8, 4) is 28.7 Å². The standard InChI is InChI=1S/C34H44O19/c1-11-23(39)27(43)30(46)33(49-11)48-10-22-26(42)29(45)31(47)34(53-22)52-21-8-15-18(50-20-5-13(9-35)24(40)28(44)25(20)41)6-14(36)7-19(15)51-32(21)12-2-3-16(37)17(38)4-12/h2-4,6-8,11,13,20,22-47H,5,9-10H2,1H3/t11-,13+,20+,22+,23-,24+,25-,26+,27+,28-,29-,30+,31+,32?,33+,34+/m0/s1. The normalized spacial score (nSPS) is 40.1. The van der Waals surface area contributed by atoms with Crippen LogP contribution >= 0.6 is 0 Å². The number of fused-ring (bicyclic) bond motifs is 1. The molecule has 3 aliphatic heterocycles. The van der Waals surface area contributed by atoms with Gasteiger partial charge in [0, 0.05) is 30.2 Å². The molecule has 2 aromatic carbocycles. The first-order valence-corrected chi connectivity index (χ1v) is 16.9. The minimum absolute atomic E-state index is 0.0195. The Kier molecular flexibility index (Phi) is 11.6. The van der Waals surface area contributed by atoms with Crippen LogP contribution in [0.2, 0.25) is 0 Å². The van der Waals surface area contributed by atoms with E-state index in [9.17, 15) is 66.4 Å². The summed E-state index contributed by atoms with van der Waals surface area (Å²) < 4.78 is 35.0. The van der Waals surface area contributed by atoms with E-state index in [1.165, 1.54) is 31.2 Å². The summed E-state index contributed by atoms with van der Waals surface area (Å²) in [4.78, 5) is 0. The zero-order valence-corrected chi connectivity index (χ0v) is 28.1. The van der Waals surface area contributed by atoms with Gasteiger partial charge in [-0.15, -0.1) is 0 Å². The largest absolute Gasteiger partial charge is 0.508 e. The van der Waals surface area contributed by atoms with E-state index in [-0.39, 0.29) is 40.6 Å². The highest BCUT2D eigenvalue weighted by molar-refractivity contribution is 5.70. The van der Waals surface area contributed by atoms with Crippen LogP contribution in [-0.4, -0.2) is 165 Å². The molecule has 0 radical (unpaired) electrons. The van der Waals surface area contributed by atoms with Gasteiger partial charge in [0.05, 0.1) is 24.4 Å². The molecule has 3 heterocycles. The molecule has 16 atom stereocenters. The molecular weight excluding hydrogens is 712 g/mol. The van der Waals surface area contributed by atoms with Crippen molar-refractivity contribution in [2.75, 3.05) is 13.2 Å². The Balaban J connectivity index is 1.30. The maximum atomic E-state index is 11.0. The van der Waals surface area contributed by atoms with Crippen molar-refractivity contribution in [3.05, 3.63) is 47.2 Å². The molecule has 0 bridgehead atoms. The van der Waals surface area contributed by atoms with E-state index in [1.807, 2.05) is 0 Å². The van der Waals surface area contributed by atoms with Gasteiger partial charge in [0.2, 0.25) is 6.29 Å². The van der Waals surface area contributed by atoms with Crippen molar-refractivity contribution in [3.63, 3.8) is 0 Å². The Morgan fingerprint density at radius 2 is 1.38 bits per heavy atom. The van der Waals surface area contributed by atoms with E-state index in [1.54, 1.807) is 0 Å². The third-order valence-corrected chi connectivity index (χ3v) is 9.95. The number of aliphatic hydroxyl groups is 10. The number of benzene rings is 2. The number of phenolic OH excluding ortho intramolecular Hbond substituents is 3. The van der Waals surface area contributed by atoms with Crippen LogP contribution in [0, 0.1) is 5.92 Å². The van der Waals surface area contributed by atoms with Crippen LogP contribution < -0.4 is 9.47 Å². The first-order valence-electron chi connectivity index (χ1n) is 16.9. The van der Waals surface area contributed by atoms with Gasteiger partial charge in [-0.25, -0.2) is 0 Å². The SMILES string of the molecule is C[C@@H]1O[C@@H](OC[C@H]2O[C@@H](OC3=Cc4c(cc(O)cc4O[C@@H]4C[C@H](CO)[C@@H](O)[C@H](O)[C@H]4O)OC3c3ccc(O)c(O)c3)[C@H](O)[C@@H](O)[C@@H]2O)[C@H](O)[C@H](O)[C@H]1O. The van der Waals surface area contributed by atoms with Crippen molar-refractivity contribution < 1.29 is 94.8 Å². The number of aliphatic hydroxyl groups excluding tert-OH is 10. The summed E-state index contributed by atoms with van der Waals surface area (Å²) in [7, 11) is 0. The Labute approximate surface area is 301 Å². The molecule has 1 aliphatic carbocycles. The van der Waals surface area contributed by atoms with Crippen molar-refractivity contribution in [1.82, 2.24) is 0 Å². The molecule has 294 valence electrons. The van der Waals surface area contributed by atoms with Crippen molar-refractivity contribution in [2.45, 2.75) is 105 Å². The topological polar surface area (TPSA) is 318 Å². The molecule has 2 aromatic rings. The second-order valence-electron chi connectivity index (χ2n) is 13.6. The average molecular weight is 757 g/mol. The quantitative estimate of drug-likeness (QED) is 0.112. The predicted octanol–water partition coefficient (Wildman–Crippen LogP) is -3.21. The molecule has 13 N–H and O–H groups in total. The lowest BCUT2D eigenvalue weighted by atomic mass is 9.81. The number of phenols is 3. The summed E-state index contributed by atoms with van der Waals surface area (Å²) >= 11 is 0. The van der Waals surface area contributed by atoms with Gasteiger partial charge >= 0.3 is 0 Å². The fourth-order valence-corrected chi connectivity index (χ4v) is 6.73. The molecule has 19 heteroatoms. The second kappa shape index (κ2) is 15.7. The Morgan fingerprint density at radius 1 is 0.698 bits per heavy atom. The van der Waals surface area contributed by atoms with Crippen LogP contribution in [0.4, 0.5) is 0 Å². The van der Waals surface area contributed by atoms with Crippen LogP contribution in [-0.2, 0) is 18.9 Å². The molecule has 0 amide bonds. The zero-order chi connectivity index (χ0) is 38.5. The Hall–Kier alpha value is -3.54. The van der Waals surface area contributed by atoms with Crippen molar-refractivity contribution in [2.24, 2.45) is 5.92 Å². The molecule has 1 saturated carbocycles. The van der Waals surface area contributed by atoms with E-state index in [2.05, 4.69) is 0 Å². The fourth-order valence-electron chi connectivity index (χ4n) is 6.73. The molecule has 2 saturated heterocycles. The lowest BCUT2D eigenvalue weighted by Gasteiger charge is -2.43. The van der Waals surface area contributed by atoms with Gasteiger partial charge in [-0.1, -0.05) is 6.07 Å². The summed E-state index contributed by atoms with van der Waals surface area (Å²) in [6.45, 7) is 0.328. The van der Waals surface area contributed by atoms with Gasteiger partial charge in [0.15, 0.2) is 23.9 Å². The molecule has 1 unspecified atom stereocenters. The maximum absolute atomic E-state index is 11.0. The monoisotopic (exact) mass is 756 g/mol. The third kappa shape index (κ3) is 7.71.